The molecule has 0 N–H and O–H groups in total. The van der Waals surface area contributed by atoms with Crippen LogP contribution in [0.2, 0.25) is 0 Å². The zero-order chi connectivity index (χ0) is 6.57. The molecule has 0 aliphatic carbocycles. The molecule has 1 atom stereocenters. The quantitative estimate of drug-likeness (QED) is 0.510. The summed E-state index contributed by atoms with van der Waals surface area (Å²) in [5.74, 6) is 0. The third kappa shape index (κ3) is 2.28. The highest BCUT2D eigenvalue weighted by Crippen LogP contribution is 1.96. The van der Waals surface area contributed by atoms with Crippen LogP contribution in [-0.2, 0) is 4.74 Å². The van der Waals surface area contributed by atoms with E-state index in [0.29, 0.717) is 0 Å². The van der Waals surface area contributed by atoms with E-state index in [1.54, 1.807) is 7.11 Å². The van der Waals surface area contributed by atoms with Crippen molar-refractivity contribution >= 4 is 0 Å². The fourth-order valence-electron chi connectivity index (χ4n) is 0.743. The molecule has 8 heavy (non-hydrogen) atoms. The normalized spacial score (nSPS) is 14.6. The molecular formula is C6H15NO. The Bertz CT molecular complexity index is 50.5. The van der Waals surface area contributed by atoms with Gasteiger partial charge in [-0.1, -0.05) is 6.92 Å². The number of nitrogens with zero attached hydrogens (tertiary/aromatic N) is 1. The Morgan fingerprint density at radius 2 is 2.00 bits per heavy atom. The molecule has 2 heteroatoms. The van der Waals surface area contributed by atoms with Gasteiger partial charge < -0.3 is 4.74 Å². The van der Waals surface area contributed by atoms with Crippen LogP contribution in [-0.4, -0.2) is 32.3 Å². The summed E-state index contributed by atoms with van der Waals surface area (Å²) in [4.78, 5) is 2.06. The van der Waals surface area contributed by atoms with Crippen molar-refractivity contribution < 1.29 is 4.74 Å². The third-order valence-corrected chi connectivity index (χ3v) is 1.20. The SMILES string of the molecule is CC[C@@H](OC)N(C)C. The van der Waals surface area contributed by atoms with Crippen LogP contribution in [0.15, 0.2) is 0 Å². The first-order chi connectivity index (χ1) is 3.72. The van der Waals surface area contributed by atoms with Gasteiger partial charge in [0.1, 0.15) is 6.23 Å². The molecule has 0 rings (SSSR count). The Balaban J connectivity index is 3.35. The third-order valence-electron chi connectivity index (χ3n) is 1.20. The van der Waals surface area contributed by atoms with E-state index in [4.69, 9.17) is 4.74 Å². The summed E-state index contributed by atoms with van der Waals surface area (Å²) in [5, 5.41) is 0. The summed E-state index contributed by atoms with van der Waals surface area (Å²) >= 11 is 0. The monoisotopic (exact) mass is 117 g/mol. The Morgan fingerprint density at radius 3 is 2.00 bits per heavy atom. The van der Waals surface area contributed by atoms with Crippen LogP contribution in [0.3, 0.4) is 0 Å². The Morgan fingerprint density at radius 1 is 1.50 bits per heavy atom. The maximum Gasteiger partial charge on any atom is 0.109 e. The second kappa shape index (κ2) is 3.87. The van der Waals surface area contributed by atoms with Crippen LogP contribution >= 0.6 is 0 Å². The fourth-order valence-corrected chi connectivity index (χ4v) is 0.743. The number of methoxy groups -OCH3 is 1. The van der Waals surface area contributed by atoms with Gasteiger partial charge in [0.05, 0.1) is 0 Å². The summed E-state index contributed by atoms with van der Waals surface area (Å²) in [5.41, 5.74) is 0. The van der Waals surface area contributed by atoms with Crippen molar-refractivity contribution in [2.45, 2.75) is 19.6 Å². The topological polar surface area (TPSA) is 12.5 Å². The van der Waals surface area contributed by atoms with Gasteiger partial charge in [-0.2, -0.15) is 0 Å². The Kier molecular flexibility index (Phi) is 3.83. The minimum Gasteiger partial charge on any atom is -0.366 e. The van der Waals surface area contributed by atoms with Crippen molar-refractivity contribution in [1.82, 2.24) is 4.90 Å². The van der Waals surface area contributed by atoms with Gasteiger partial charge in [0.25, 0.3) is 0 Å². The van der Waals surface area contributed by atoms with Crippen molar-refractivity contribution in [2.75, 3.05) is 21.2 Å². The molecule has 0 aromatic carbocycles. The molecule has 0 unspecified atom stereocenters. The van der Waals surface area contributed by atoms with E-state index in [9.17, 15) is 0 Å². The lowest BCUT2D eigenvalue weighted by Gasteiger charge is -2.20. The molecule has 2 nitrogen and oxygen atoms in total. The molecule has 0 aromatic heterocycles. The summed E-state index contributed by atoms with van der Waals surface area (Å²) in [6, 6.07) is 0. The van der Waals surface area contributed by atoms with Gasteiger partial charge in [0, 0.05) is 7.11 Å². The Hall–Kier alpha value is -0.0800. The molecule has 0 heterocycles. The average molecular weight is 117 g/mol. The molecule has 0 bridgehead atoms. The number of hydrogen-bond donors (Lipinski definition) is 0. The maximum absolute atomic E-state index is 5.09. The van der Waals surface area contributed by atoms with Gasteiger partial charge in [-0.25, -0.2) is 0 Å². The van der Waals surface area contributed by atoms with Crippen molar-refractivity contribution in [1.29, 1.82) is 0 Å². The number of rotatable bonds is 3. The molecule has 0 aliphatic heterocycles. The minimum atomic E-state index is 0.287. The second-order valence-corrected chi connectivity index (χ2v) is 2.06. The van der Waals surface area contributed by atoms with Gasteiger partial charge >= 0.3 is 0 Å². The summed E-state index contributed by atoms with van der Waals surface area (Å²) < 4.78 is 5.09. The molecule has 0 aromatic rings. The van der Waals surface area contributed by atoms with E-state index in [1.165, 1.54) is 0 Å². The smallest absolute Gasteiger partial charge is 0.109 e. The van der Waals surface area contributed by atoms with Crippen molar-refractivity contribution in [2.24, 2.45) is 0 Å². The first-order valence-electron chi connectivity index (χ1n) is 2.91. The van der Waals surface area contributed by atoms with Gasteiger partial charge in [0.15, 0.2) is 0 Å². The predicted molar refractivity (Wildman–Crippen MR) is 34.8 cm³/mol. The largest absolute Gasteiger partial charge is 0.366 e. The van der Waals surface area contributed by atoms with Crippen molar-refractivity contribution in [3.8, 4) is 0 Å². The van der Waals surface area contributed by atoms with E-state index in [2.05, 4.69) is 11.8 Å². The van der Waals surface area contributed by atoms with E-state index in [1.807, 2.05) is 14.1 Å². The van der Waals surface area contributed by atoms with E-state index < -0.39 is 0 Å². The summed E-state index contributed by atoms with van der Waals surface area (Å²) in [7, 11) is 5.75. The summed E-state index contributed by atoms with van der Waals surface area (Å²) in [6.45, 7) is 2.11. The molecule has 0 amide bonds. The Labute approximate surface area is 51.4 Å². The lowest BCUT2D eigenvalue weighted by Crippen LogP contribution is -2.28. The molecular weight excluding hydrogens is 102 g/mol. The van der Waals surface area contributed by atoms with Gasteiger partial charge in [-0.15, -0.1) is 0 Å². The van der Waals surface area contributed by atoms with Gasteiger partial charge in [-0.3, -0.25) is 4.90 Å². The lowest BCUT2D eigenvalue weighted by molar-refractivity contribution is -0.00560. The summed E-state index contributed by atoms with van der Waals surface area (Å²) in [6.07, 6.45) is 1.33. The van der Waals surface area contributed by atoms with E-state index >= 15 is 0 Å². The maximum atomic E-state index is 5.09. The highest BCUT2D eigenvalue weighted by atomic mass is 16.5. The minimum absolute atomic E-state index is 0.287. The zero-order valence-electron chi connectivity index (χ0n) is 6.14. The zero-order valence-corrected chi connectivity index (χ0v) is 6.14. The first kappa shape index (κ1) is 7.92. The van der Waals surface area contributed by atoms with Crippen LogP contribution in [0.5, 0.6) is 0 Å². The highest BCUT2D eigenvalue weighted by molar-refractivity contribution is 4.47. The lowest BCUT2D eigenvalue weighted by atomic mass is 10.4. The van der Waals surface area contributed by atoms with Crippen LogP contribution in [0.4, 0.5) is 0 Å². The van der Waals surface area contributed by atoms with Crippen LogP contribution in [0.1, 0.15) is 13.3 Å². The van der Waals surface area contributed by atoms with Crippen molar-refractivity contribution in [3.63, 3.8) is 0 Å². The van der Waals surface area contributed by atoms with Crippen LogP contribution in [0.25, 0.3) is 0 Å². The van der Waals surface area contributed by atoms with Crippen LogP contribution in [0, 0.1) is 0 Å². The molecule has 50 valence electrons. The molecule has 0 fully saturated rings. The molecule has 0 spiro atoms. The molecule has 0 aliphatic rings. The molecule has 0 saturated carbocycles. The first-order valence-corrected chi connectivity index (χ1v) is 2.91. The van der Waals surface area contributed by atoms with Gasteiger partial charge in [-0.05, 0) is 20.5 Å². The number of hydrogen-bond acceptors (Lipinski definition) is 2. The van der Waals surface area contributed by atoms with Crippen molar-refractivity contribution in [3.05, 3.63) is 0 Å². The molecule has 0 radical (unpaired) electrons. The fraction of sp³-hybridized carbons (Fsp3) is 1.00. The van der Waals surface area contributed by atoms with E-state index in [0.717, 1.165) is 6.42 Å². The second-order valence-electron chi connectivity index (χ2n) is 2.06. The van der Waals surface area contributed by atoms with Crippen LogP contribution < -0.4 is 0 Å². The van der Waals surface area contributed by atoms with E-state index in [-0.39, 0.29) is 6.23 Å². The highest BCUT2D eigenvalue weighted by Gasteiger charge is 2.03. The average Bonchev–Trinajstić information content (AvgIpc) is 1.69. The van der Waals surface area contributed by atoms with Gasteiger partial charge in [0.2, 0.25) is 0 Å². The number of ether oxygens (including phenoxy) is 1. The standard InChI is InChI=1S/C6H15NO/c1-5-6(8-4)7(2)3/h6H,5H2,1-4H3/t6-/m1/s1. The molecule has 0 saturated heterocycles. The predicted octanol–water partition coefficient (Wildman–Crippen LogP) is 0.930.